The van der Waals surface area contributed by atoms with Gasteiger partial charge in [0.15, 0.2) is 0 Å². The summed E-state index contributed by atoms with van der Waals surface area (Å²) in [6, 6.07) is 18.7. The maximum atomic E-state index is 12.3. The van der Waals surface area contributed by atoms with Gasteiger partial charge in [-0.15, -0.1) is 12.4 Å². The topological polar surface area (TPSA) is 165 Å². The van der Waals surface area contributed by atoms with Crippen molar-refractivity contribution in [1.29, 1.82) is 10.5 Å². The molecule has 0 aromatic heterocycles. The van der Waals surface area contributed by atoms with E-state index in [1.54, 1.807) is 39.0 Å². The Morgan fingerprint density at radius 3 is 1.47 bits per heavy atom. The first kappa shape index (κ1) is 42.7. The van der Waals surface area contributed by atoms with Crippen LogP contribution in [0.1, 0.15) is 70.2 Å². The van der Waals surface area contributed by atoms with Crippen LogP contribution in [0.3, 0.4) is 0 Å². The molecule has 12 nitrogen and oxygen atoms in total. The van der Waals surface area contributed by atoms with E-state index >= 15 is 0 Å². The minimum absolute atomic E-state index is 0. The predicted molar refractivity (Wildman–Crippen MR) is 191 cm³/mol. The normalized spacial score (nSPS) is 14.3. The molecule has 0 radical (unpaired) electrons. The number of carbonyl (C=O) groups is 3. The van der Waals surface area contributed by atoms with Crippen LogP contribution in [-0.2, 0) is 27.2 Å². The lowest BCUT2D eigenvalue weighted by atomic mass is 10.1. The standard InChI is InChI=1S/C19H25N3O3.C9H18N2O2.C8H8N2.ClH/c1-19(2,3)25-18(24)22-12-10-21(11-13-22)17(23)9-8-15-4-6-16(14-20)7-5-15;1-9(2,3)13-8(12)11-6-4-10-5-7-11;9-5-7-1-2-8(6-10)4-3-7;/h4-7H,8-13H2,1-3H3;10H,4-7H2,1-3H3;1-4H,5,9H2;1H. The maximum absolute atomic E-state index is 12.3. The van der Waals surface area contributed by atoms with E-state index in [-0.39, 0.29) is 36.1 Å². The third-order valence-electron chi connectivity index (χ3n) is 7.08. The summed E-state index contributed by atoms with van der Waals surface area (Å²) < 4.78 is 10.6. The molecule has 0 spiro atoms. The molecule has 0 atom stereocenters. The minimum Gasteiger partial charge on any atom is -0.444 e. The molecule has 49 heavy (non-hydrogen) atoms. The summed E-state index contributed by atoms with van der Waals surface area (Å²) in [4.78, 5) is 41.0. The first-order chi connectivity index (χ1) is 22.6. The summed E-state index contributed by atoms with van der Waals surface area (Å²) in [7, 11) is 0. The van der Waals surface area contributed by atoms with Crippen LogP contribution < -0.4 is 11.1 Å². The Balaban J connectivity index is 0.000000417. The van der Waals surface area contributed by atoms with Gasteiger partial charge in [-0.25, -0.2) is 9.59 Å². The number of halogens is 1. The number of hydrogen-bond acceptors (Lipinski definition) is 9. The molecule has 2 heterocycles. The van der Waals surface area contributed by atoms with Gasteiger partial charge in [-0.3, -0.25) is 4.79 Å². The van der Waals surface area contributed by atoms with Crippen molar-refractivity contribution in [2.45, 2.75) is 72.1 Å². The summed E-state index contributed by atoms with van der Waals surface area (Å²) >= 11 is 0. The van der Waals surface area contributed by atoms with Crippen molar-refractivity contribution in [2.75, 3.05) is 52.4 Å². The highest BCUT2D eigenvalue weighted by Gasteiger charge is 2.27. The van der Waals surface area contributed by atoms with Gasteiger partial charge >= 0.3 is 12.2 Å². The number of nitrogens with one attached hydrogen (secondary N) is 1. The van der Waals surface area contributed by atoms with E-state index in [1.807, 2.05) is 71.9 Å². The molecule has 2 fully saturated rings. The van der Waals surface area contributed by atoms with E-state index in [2.05, 4.69) is 11.4 Å². The van der Waals surface area contributed by atoms with Crippen molar-refractivity contribution in [2.24, 2.45) is 5.73 Å². The SMILES string of the molecule is CC(C)(C)OC(=O)N1CCN(C(=O)CCc2ccc(C#N)cc2)CC1.CC(C)(C)OC(=O)N1CCNCC1.Cl.N#Cc1ccc(CN)cc1. The van der Waals surface area contributed by atoms with Crippen molar-refractivity contribution in [1.82, 2.24) is 20.0 Å². The number of ether oxygens (including phenoxy) is 2. The van der Waals surface area contributed by atoms with Gasteiger partial charge in [0, 0.05) is 65.3 Å². The molecule has 2 aliphatic heterocycles. The predicted octanol–water partition coefficient (Wildman–Crippen LogP) is 4.84. The fraction of sp³-hybridized carbons (Fsp3) is 0.528. The molecule has 0 unspecified atom stereocenters. The van der Waals surface area contributed by atoms with Crippen LogP contribution in [-0.4, -0.2) is 96.4 Å². The van der Waals surface area contributed by atoms with E-state index < -0.39 is 5.60 Å². The van der Waals surface area contributed by atoms with Crippen molar-refractivity contribution in [3.8, 4) is 12.1 Å². The van der Waals surface area contributed by atoms with Gasteiger partial charge in [0.2, 0.25) is 5.91 Å². The van der Waals surface area contributed by atoms with Crippen LogP contribution in [0.15, 0.2) is 48.5 Å². The number of hydrogen-bond donors (Lipinski definition) is 2. The van der Waals surface area contributed by atoms with Crippen molar-refractivity contribution in [3.63, 3.8) is 0 Å². The van der Waals surface area contributed by atoms with E-state index in [0.717, 1.165) is 37.3 Å². The largest absolute Gasteiger partial charge is 0.444 e. The molecular formula is C36H52ClN7O5. The first-order valence-corrected chi connectivity index (χ1v) is 16.3. The monoisotopic (exact) mass is 697 g/mol. The Bertz CT molecular complexity index is 1390. The Hall–Kier alpha value is -4.36. The second kappa shape index (κ2) is 20.9. The number of nitrogens with two attached hydrogens (primary N) is 1. The third-order valence-corrected chi connectivity index (χ3v) is 7.08. The Kier molecular flexibility index (Phi) is 18.2. The molecule has 2 aromatic rings. The lowest BCUT2D eigenvalue weighted by Gasteiger charge is -2.35. The zero-order valence-electron chi connectivity index (χ0n) is 29.7. The zero-order chi connectivity index (χ0) is 35.7. The number of nitrogens with zero attached hydrogens (tertiary/aromatic N) is 5. The van der Waals surface area contributed by atoms with E-state index in [4.69, 9.17) is 25.7 Å². The molecule has 3 amide bonds. The van der Waals surface area contributed by atoms with Crippen LogP contribution in [0.5, 0.6) is 0 Å². The van der Waals surface area contributed by atoms with Crippen LogP contribution in [0.25, 0.3) is 0 Å². The highest BCUT2D eigenvalue weighted by Crippen LogP contribution is 2.14. The van der Waals surface area contributed by atoms with Crippen LogP contribution in [0.2, 0.25) is 0 Å². The maximum Gasteiger partial charge on any atom is 0.410 e. The van der Waals surface area contributed by atoms with Crippen molar-refractivity contribution >= 4 is 30.5 Å². The summed E-state index contributed by atoms with van der Waals surface area (Å²) in [6.45, 7) is 17.0. The molecule has 268 valence electrons. The molecule has 0 aliphatic carbocycles. The molecule has 0 bridgehead atoms. The second-order valence-electron chi connectivity index (χ2n) is 13.4. The van der Waals surface area contributed by atoms with E-state index in [0.29, 0.717) is 56.7 Å². The first-order valence-electron chi connectivity index (χ1n) is 16.3. The van der Waals surface area contributed by atoms with Gasteiger partial charge in [-0.2, -0.15) is 10.5 Å². The van der Waals surface area contributed by atoms with Gasteiger partial charge in [0.25, 0.3) is 0 Å². The fourth-order valence-corrected chi connectivity index (χ4v) is 4.51. The quantitative estimate of drug-likeness (QED) is 0.455. The van der Waals surface area contributed by atoms with E-state index in [9.17, 15) is 14.4 Å². The smallest absolute Gasteiger partial charge is 0.410 e. The lowest BCUT2D eigenvalue weighted by Crippen LogP contribution is -2.51. The molecule has 2 aliphatic rings. The molecular weight excluding hydrogens is 646 g/mol. The minimum atomic E-state index is -0.509. The van der Waals surface area contributed by atoms with Gasteiger partial charge in [0.1, 0.15) is 11.2 Å². The molecule has 2 aromatic carbocycles. The van der Waals surface area contributed by atoms with Gasteiger partial charge in [-0.05, 0) is 83.4 Å². The number of piperazine rings is 2. The molecule has 2 saturated heterocycles. The number of nitriles is 2. The van der Waals surface area contributed by atoms with Crippen molar-refractivity contribution < 1.29 is 23.9 Å². The highest BCUT2D eigenvalue weighted by molar-refractivity contribution is 5.85. The van der Waals surface area contributed by atoms with E-state index in [1.165, 1.54) is 0 Å². The lowest BCUT2D eigenvalue weighted by molar-refractivity contribution is -0.132. The molecule has 0 saturated carbocycles. The second-order valence-corrected chi connectivity index (χ2v) is 13.4. The molecule has 4 rings (SSSR count). The van der Waals surface area contributed by atoms with Gasteiger partial charge in [0.05, 0.1) is 23.3 Å². The van der Waals surface area contributed by atoms with Gasteiger partial charge in [-0.1, -0.05) is 24.3 Å². The fourth-order valence-electron chi connectivity index (χ4n) is 4.51. The number of amides is 3. The number of aryl methyl sites for hydroxylation is 1. The number of benzene rings is 2. The van der Waals surface area contributed by atoms with Crippen LogP contribution in [0, 0.1) is 22.7 Å². The summed E-state index contributed by atoms with van der Waals surface area (Å²) in [5.41, 5.74) is 7.86. The Morgan fingerprint density at radius 2 is 1.08 bits per heavy atom. The summed E-state index contributed by atoms with van der Waals surface area (Å²) in [5.74, 6) is 0.0909. The number of carbonyl (C=O) groups excluding carboxylic acids is 3. The molecule has 3 N–H and O–H groups in total. The highest BCUT2D eigenvalue weighted by atomic mass is 35.5. The number of rotatable bonds is 4. The average Bonchev–Trinajstić information content (AvgIpc) is 3.07. The average molecular weight is 698 g/mol. The summed E-state index contributed by atoms with van der Waals surface area (Å²) in [6.07, 6.45) is 0.556. The van der Waals surface area contributed by atoms with Crippen LogP contribution >= 0.6 is 12.4 Å². The third kappa shape index (κ3) is 17.0. The summed E-state index contributed by atoms with van der Waals surface area (Å²) in [5, 5.41) is 20.4. The Labute approximate surface area is 297 Å². The van der Waals surface area contributed by atoms with Gasteiger partial charge < -0.3 is 35.2 Å². The van der Waals surface area contributed by atoms with Crippen molar-refractivity contribution in [3.05, 3.63) is 70.8 Å². The zero-order valence-corrected chi connectivity index (χ0v) is 30.5. The van der Waals surface area contributed by atoms with Crippen LogP contribution in [0.4, 0.5) is 9.59 Å². The molecule has 13 heteroatoms. The Morgan fingerprint density at radius 1 is 0.694 bits per heavy atom.